The lowest BCUT2D eigenvalue weighted by molar-refractivity contribution is -0.122. The molecule has 20 nitrogen and oxygen atoms in total. The zero-order valence-corrected chi connectivity index (χ0v) is 55.2. The van der Waals surface area contributed by atoms with Gasteiger partial charge in [-0.2, -0.15) is 0 Å². The number of piperidine rings is 4. The maximum Gasteiger partial charge on any atom is 0.409 e. The fraction of sp³-hybridized carbons (Fsp3) is 0.432. The van der Waals surface area contributed by atoms with Crippen molar-refractivity contribution in [3.8, 4) is 0 Å². The van der Waals surface area contributed by atoms with Gasteiger partial charge in [-0.05, 0) is 139 Å². The number of carbonyl (C=O) groups excluding carboxylic acids is 6. The van der Waals surface area contributed by atoms with Crippen molar-refractivity contribution in [2.45, 2.75) is 110 Å². The Bertz CT molecular complexity index is 3510. The van der Waals surface area contributed by atoms with Crippen LogP contribution in [0, 0.1) is 23.7 Å². The highest BCUT2D eigenvalue weighted by Gasteiger charge is 2.32. The van der Waals surface area contributed by atoms with Crippen LogP contribution in [0.5, 0.6) is 0 Å². The Morgan fingerprint density at radius 1 is 0.426 bits per heavy atom. The van der Waals surface area contributed by atoms with E-state index in [-0.39, 0.29) is 59.0 Å². The number of nitrogens with zero attached hydrogens (tertiary/aromatic N) is 11. The van der Waals surface area contributed by atoms with E-state index in [4.69, 9.17) is 4.74 Å². The molecule has 20 heteroatoms. The van der Waals surface area contributed by atoms with Crippen LogP contribution < -0.4 is 5.32 Å². The van der Waals surface area contributed by atoms with Gasteiger partial charge in [-0.3, -0.25) is 19.2 Å². The molecule has 0 saturated carbocycles. The lowest BCUT2D eigenvalue weighted by Gasteiger charge is -2.30. The van der Waals surface area contributed by atoms with Gasteiger partial charge in [-0.25, -0.2) is 29.5 Å². The summed E-state index contributed by atoms with van der Waals surface area (Å²) < 4.78 is 17.4. The topological polar surface area (TPSA) is 214 Å². The highest BCUT2D eigenvalue weighted by atomic mass is 16.5. The van der Waals surface area contributed by atoms with Crippen molar-refractivity contribution >= 4 is 35.3 Å². The number of aromatic nitrogens is 8. The Labute approximate surface area is 553 Å². The van der Waals surface area contributed by atoms with Crippen LogP contribution in [0.25, 0.3) is 0 Å². The number of likely N-dealkylation sites (tertiary alicyclic amines) is 3. The zero-order chi connectivity index (χ0) is 66.3. The average molecular weight is 1280 g/mol. The van der Waals surface area contributed by atoms with E-state index in [2.05, 4.69) is 107 Å². The molecule has 498 valence electrons. The standard InChI is InChI=1S/C19H23N3O3.C18H23N3O.C17H21N3O.C11H12N2.C9H15NO3/c1-25-19(24)22-12-8-16(9-13-22)17(23)18-20-10-14-21(18)11-7-15-5-3-2-4-6-15;1-20-11-8-16(9-12-20)17(22)18-19-10-14-21(18)13-7-15-5-3-2-4-6-15;21-16(15-6-9-18-10-7-15)17-19-11-13-20(17)12-8-14-4-2-1-3-5-14;1-2-4-11(5-3-1)6-8-13-9-7-12-10-13;1-7(11)8-3-5-10(6-4-8)9(12)13-2/h2-6,10,14,16H,7-9,11-13H2,1H3;2-6,10,14,16H,7-9,11-13H2,1H3;1-5,11,13,15,18H,6-10,12H2;1-5,7,9-10H,6,8H2;8H,3-6H2,1-2H3. The summed E-state index contributed by atoms with van der Waals surface area (Å²) in [6.45, 7) is 11.2. The Morgan fingerprint density at radius 2 is 0.755 bits per heavy atom. The third-order valence-corrected chi connectivity index (χ3v) is 17.9. The Morgan fingerprint density at radius 3 is 1.09 bits per heavy atom. The minimum absolute atomic E-state index is 0.0718. The van der Waals surface area contributed by atoms with Gasteiger partial charge in [0.05, 0.1) is 20.5 Å². The summed E-state index contributed by atoms with van der Waals surface area (Å²) in [5.41, 5.74) is 5.18. The van der Waals surface area contributed by atoms with Gasteiger partial charge in [-0.1, -0.05) is 121 Å². The van der Waals surface area contributed by atoms with E-state index in [9.17, 15) is 28.8 Å². The monoisotopic (exact) mass is 1280 g/mol. The molecular formula is C74H94N12O8. The average Bonchev–Trinajstić information content (AvgIpc) is 1.95. The van der Waals surface area contributed by atoms with E-state index in [0.29, 0.717) is 56.5 Å². The molecule has 4 aliphatic heterocycles. The largest absolute Gasteiger partial charge is 0.453 e. The summed E-state index contributed by atoms with van der Waals surface area (Å²) >= 11 is 0. The van der Waals surface area contributed by atoms with Gasteiger partial charge >= 0.3 is 12.2 Å². The van der Waals surface area contributed by atoms with E-state index >= 15 is 0 Å². The molecule has 12 rings (SSSR count). The Hall–Kier alpha value is -9.14. The highest BCUT2D eigenvalue weighted by Crippen LogP contribution is 2.24. The summed E-state index contributed by atoms with van der Waals surface area (Å²) in [5.74, 6) is 2.81. The number of amides is 2. The first-order valence-electron chi connectivity index (χ1n) is 33.2. The third-order valence-electron chi connectivity index (χ3n) is 17.9. The second-order valence-electron chi connectivity index (χ2n) is 24.3. The maximum absolute atomic E-state index is 12.8. The number of nitrogens with one attached hydrogen (secondary N) is 1. The number of ketones is 4. The lowest BCUT2D eigenvalue weighted by Crippen LogP contribution is -2.40. The Balaban J connectivity index is 0.000000154. The van der Waals surface area contributed by atoms with E-state index in [1.165, 1.54) is 36.5 Å². The minimum atomic E-state index is -0.324. The van der Waals surface area contributed by atoms with Crippen molar-refractivity contribution in [3.05, 3.63) is 217 Å². The SMILES string of the molecule is CN1CCC(C(=O)c2nccn2CCc2ccccc2)CC1.COC(=O)N1CCC(C(=O)c2nccn2CCc2ccccc2)CC1.COC(=O)N1CCC(C(C)=O)CC1.O=C(c1nccn1CCc1ccccc1)C1CCNCC1.c1ccc(CCn2ccnc2)cc1. The highest BCUT2D eigenvalue weighted by molar-refractivity contribution is 5.96. The molecule has 0 aliphatic carbocycles. The molecule has 0 spiro atoms. The van der Waals surface area contributed by atoms with Gasteiger partial charge in [0.2, 0.25) is 17.3 Å². The second kappa shape index (κ2) is 38.1. The molecule has 2 amide bonds. The van der Waals surface area contributed by atoms with Crippen LogP contribution in [0.4, 0.5) is 9.59 Å². The molecule has 1 N–H and O–H groups in total. The molecule has 4 saturated heterocycles. The van der Waals surface area contributed by atoms with Gasteiger partial charge in [0.1, 0.15) is 5.78 Å². The number of benzene rings is 4. The van der Waals surface area contributed by atoms with Crippen molar-refractivity contribution in [3.63, 3.8) is 0 Å². The number of aryl methyl sites for hydroxylation is 8. The molecule has 0 atom stereocenters. The summed E-state index contributed by atoms with van der Waals surface area (Å²) in [4.78, 5) is 94.2. The van der Waals surface area contributed by atoms with Crippen LogP contribution in [0.1, 0.15) is 112 Å². The van der Waals surface area contributed by atoms with Crippen molar-refractivity contribution in [1.29, 1.82) is 0 Å². The molecule has 94 heavy (non-hydrogen) atoms. The quantitative estimate of drug-likeness (QED) is 0.0746. The smallest absolute Gasteiger partial charge is 0.409 e. The van der Waals surface area contributed by atoms with Crippen LogP contribution >= 0.6 is 0 Å². The van der Waals surface area contributed by atoms with Gasteiger partial charge < -0.3 is 47.8 Å². The van der Waals surface area contributed by atoms with Crippen molar-refractivity contribution in [1.82, 2.24) is 58.2 Å². The normalized spacial score (nSPS) is 15.5. The molecule has 4 aromatic carbocycles. The molecule has 0 radical (unpaired) electrons. The van der Waals surface area contributed by atoms with Crippen LogP contribution in [0.2, 0.25) is 0 Å². The number of hydrogen-bond acceptors (Lipinski definition) is 14. The van der Waals surface area contributed by atoms with Gasteiger partial charge in [0, 0.05) is 126 Å². The van der Waals surface area contributed by atoms with E-state index in [0.717, 1.165) is 117 Å². The number of methoxy groups -OCH3 is 2. The van der Waals surface area contributed by atoms with Gasteiger partial charge in [0.15, 0.2) is 17.5 Å². The second-order valence-corrected chi connectivity index (χ2v) is 24.3. The first kappa shape index (κ1) is 70.7. The van der Waals surface area contributed by atoms with E-state index in [1.54, 1.807) is 35.3 Å². The predicted molar refractivity (Wildman–Crippen MR) is 362 cm³/mol. The van der Waals surface area contributed by atoms with Crippen LogP contribution in [-0.4, -0.2) is 162 Å². The van der Waals surface area contributed by atoms with Crippen LogP contribution in [-0.2, 0) is 66.1 Å². The minimum Gasteiger partial charge on any atom is -0.453 e. The molecule has 0 unspecified atom stereocenters. The fourth-order valence-electron chi connectivity index (χ4n) is 12.1. The fourth-order valence-corrected chi connectivity index (χ4v) is 12.1. The summed E-state index contributed by atoms with van der Waals surface area (Å²) in [7, 11) is 4.87. The predicted octanol–water partition coefficient (Wildman–Crippen LogP) is 10.9. The van der Waals surface area contributed by atoms with E-state index < -0.39 is 0 Å². The number of Topliss-reactive ketones (excluding diaryl/α,β-unsaturated/α-hetero) is 4. The number of ether oxygens (including phenoxy) is 2. The number of rotatable bonds is 19. The molecule has 4 fully saturated rings. The Kier molecular flexibility index (Phi) is 28.7. The number of hydrogen-bond donors (Lipinski definition) is 1. The lowest BCUT2D eigenvalue weighted by atomic mass is 9.92. The maximum atomic E-state index is 12.8. The molecule has 4 aliphatic rings. The summed E-state index contributed by atoms with van der Waals surface area (Å²) in [6, 6.07) is 41.4. The first-order valence-corrected chi connectivity index (χ1v) is 33.2. The molecule has 0 bridgehead atoms. The van der Waals surface area contributed by atoms with Crippen molar-refractivity contribution in [2.24, 2.45) is 23.7 Å². The van der Waals surface area contributed by atoms with Crippen LogP contribution in [0.3, 0.4) is 0 Å². The molecule has 8 aromatic rings. The van der Waals surface area contributed by atoms with Gasteiger partial charge in [0.25, 0.3) is 0 Å². The zero-order valence-electron chi connectivity index (χ0n) is 55.2. The summed E-state index contributed by atoms with van der Waals surface area (Å²) in [5, 5.41) is 3.30. The van der Waals surface area contributed by atoms with Crippen molar-refractivity contribution < 1.29 is 38.2 Å². The molecule has 8 heterocycles. The number of carbonyl (C=O) groups is 6. The third kappa shape index (κ3) is 22.3. The number of imidazole rings is 4. The van der Waals surface area contributed by atoms with E-state index in [1.807, 2.05) is 112 Å². The van der Waals surface area contributed by atoms with Crippen molar-refractivity contribution in [2.75, 3.05) is 73.6 Å². The summed E-state index contributed by atoms with van der Waals surface area (Å²) in [6.07, 6.45) is 26.2. The van der Waals surface area contributed by atoms with Crippen LogP contribution in [0.15, 0.2) is 177 Å². The first-order chi connectivity index (χ1) is 45.9. The van der Waals surface area contributed by atoms with Gasteiger partial charge in [-0.15, -0.1) is 0 Å². The molecular weight excluding hydrogens is 1180 g/mol. The molecule has 4 aromatic heterocycles.